The van der Waals surface area contributed by atoms with E-state index in [1.807, 2.05) is 45.1 Å². The van der Waals surface area contributed by atoms with Crippen LogP contribution >= 0.6 is 0 Å². The van der Waals surface area contributed by atoms with Gasteiger partial charge in [0.2, 0.25) is 0 Å². The molecule has 0 spiro atoms. The number of halogens is 1. The molecule has 1 saturated carbocycles. The second kappa shape index (κ2) is 13.7. The van der Waals surface area contributed by atoms with Crippen LogP contribution in [0, 0.1) is 25.6 Å². The molecule has 226 valence electrons. The zero-order valence-corrected chi connectivity index (χ0v) is 25.9. The molecule has 0 atom stereocenters. The van der Waals surface area contributed by atoms with Gasteiger partial charge in [-0.3, -0.25) is 15.1 Å². The maximum Gasteiger partial charge on any atom is 0.124 e. The number of nitrogens with zero attached hydrogens (tertiary/aromatic N) is 3. The van der Waals surface area contributed by atoms with Crippen molar-refractivity contribution < 1.29 is 4.39 Å². The minimum Gasteiger partial charge on any atom is -0.359 e. The number of benzene rings is 1. The number of aromatic nitrogens is 4. The minimum atomic E-state index is -0.273. The molecule has 6 nitrogen and oxygen atoms in total. The van der Waals surface area contributed by atoms with E-state index >= 15 is 0 Å². The number of aryl methyl sites for hydroxylation is 1. The molecule has 3 aromatic heterocycles. The van der Waals surface area contributed by atoms with Crippen molar-refractivity contribution in [1.29, 1.82) is 0 Å². The van der Waals surface area contributed by atoms with Gasteiger partial charge in [-0.2, -0.15) is 5.10 Å². The molecular weight excluding hydrogens is 547 g/mol. The minimum absolute atomic E-state index is 0.273. The summed E-state index contributed by atoms with van der Waals surface area (Å²) in [5, 5.41) is 15.4. The molecule has 0 bridgehead atoms. The molecule has 1 fully saturated rings. The lowest BCUT2D eigenvalue weighted by atomic mass is 9.86. The predicted molar refractivity (Wildman–Crippen MR) is 181 cm³/mol. The fourth-order valence-corrected chi connectivity index (χ4v) is 5.97. The molecule has 0 amide bonds. The average Bonchev–Trinajstić information content (AvgIpc) is 3.44. The lowest BCUT2D eigenvalue weighted by molar-refractivity contribution is 0.353. The molecule has 0 unspecified atom stereocenters. The molecule has 1 aromatic carbocycles. The molecule has 0 radical (unpaired) electrons. The number of fused-ring (bicyclic) bond motifs is 1. The normalized spacial score (nSPS) is 14.5. The van der Waals surface area contributed by atoms with Gasteiger partial charge in [-0.05, 0) is 85.7 Å². The zero-order valence-electron chi connectivity index (χ0n) is 25.9. The van der Waals surface area contributed by atoms with Gasteiger partial charge in [0.1, 0.15) is 11.5 Å². The van der Waals surface area contributed by atoms with E-state index in [4.69, 9.17) is 4.98 Å². The van der Waals surface area contributed by atoms with E-state index in [-0.39, 0.29) is 5.82 Å². The van der Waals surface area contributed by atoms with E-state index in [9.17, 15) is 4.39 Å². The Labute approximate surface area is 259 Å². The lowest BCUT2D eigenvalue weighted by Crippen LogP contribution is -2.16. The Morgan fingerprint density at radius 2 is 1.86 bits per heavy atom. The van der Waals surface area contributed by atoms with E-state index in [0.29, 0.717) is 17.3 Å². The molecule has 7 heteroatoms. The van der Waals surface area contributed by atoms with E-state index in [1.54, 1.807) is 18.6 Å². The standard InChI is InChI=1S/C37H41FN6/c1-7-28(18-31(8-2)41-24(4)16-27-12-10-9-11-13-27)34-19-32-36(22-40-34)43-44-37(32)26(6)42-35-21-39-20-33(25(35)5)29-14-23(3)15-30(38)17-29/h7-8,14-15,17-22,27,41-42H,2,4,6,9-13,16H2,1,3,5H3,(H,43,44)/b28-7+,31-18+. The first kappa shape index (κ1) is 30.7. The highest BCUT2D eigenvalue weighted by Gasteiger charge is 2.16. The SMILES string of the molecule is C=C/C(=C\C(=C/C)c1cc2c(C(=C)Nc3cncc(-c4cc(C)cc(F)c4)c3C)n[nH]c2cn1)NC(=C)CC1CCCCC1. The van der Waals surface area contributed by atoms with E-state index < -0.39 is 0 Å². The van der Waals surface area contributed by atoms with Crippen LogP contribution in [0.1, 0.15) is 68.0 Å². The maximum absolute atomic E-state index is 14.2. The van der Waals surface area contributed by atoms with Crippen LogP contribution in [0.15, 0.2) is 92.2 Å². The van der Waals surface area contributed by atoms with Crippen molar-refractivity contribution in [3.8, 4) is 11.1 Å². The predicted octanol–water partition coefficient (Wildman–Crippen LogP) is 9.41. The summed E-state index contributed by atoms with van der Waals surface area (Å²) in [7, 11) is 0. The van der Waals surface area contributed by atoms with Crippen molar-refractivity contribution >= 4 is 27.9 Å². The van der Waals surface area contributed by atoms with E-state index in [2.05, 4.69) is 51.6 Å². The van der Waals surface area contributed by atoms with Crippen LogP contribution in [0.25, 0.3) is 33.3 Å². The first-order chi connectivity index (χ1) is 21.2. The number of H-pyrrole nitrogens is 1. The Bertz CT molecular complexity index is 1750. The number of aromatic amines is 1. The van der Waals surface area contributed by atoms with Gasteiger partial charge in [0.25, 0.3) is 0 Å². The molecule has 0 aliphatic heterocycles. The molecule has 1 aliphatic rings. The Balaban J connectivity index is 1.37. The molecule has 0 saturated heterocycles. The molecule has 1 aliphatic carbocycles. The topological polar surface area (TPSA) is 78.5 Å². The summed E-state index contributed by atoms with van der Waals surface area (Å²) in [6.45, 7) is 18.5. The number of rotatable bonds is 11. The van der Waals surface area contributed by atoms with Gasteiger partial charge < -0.3 is 10.6 Å². The largest absolute Gasteiger partial charge is 0.359 e. The molecule has 3 N–H and O–H groups in total. The van der Waals surface area contributed by atoms with Crippen LogP contribution in [-0.2, 0) is 0 Å². The Morgan fingerprint density at radius 3 is 2.59 bits per heavy atom. The van der Waals surface area contributed by atoms with Crippen LogP contribution in [0.3, 0.4) is 0 Å². The second-order valence-electron chi connectivity index (χ2n) is 11.7. The molecule has 3 heterocycles. The third kappa shape index (κ3) is 7.05. The van der Waals surface area contributed by atoms with Crippen molar-refractivity contribution in [2.24, 2.45) is 5.92 Å². The summed E-state index contributed by atoms with van der Waals surface area (Å²) in [4.78, 5) is 9.13. The lowest BCUT2D eigenvalue weighted by Gasteiger charge is -2.23. The van der Waals surface area contributed by atoms with Gasteiger partial charge in [0, 0.05) is 28.5 Å². The highest BCUT2D eigenvalue weighted by atomic mass is 19.1. The van der Waals surface area contributed by atoms with Gasteiger partial charge in [-0.25, -0.2) is 4.39 Å². The van der Waals surface area contributed by atoms with Crippen LogP contribution in [0.4, 0.5) is 10.1 Å². The summed E-state index contributed by atoms with van der Waals surface area (Å²) in [6.07, 6.45) is 18.7. The molecule has 5 rings (SSSR count). The van der Waals surface area contributed by atoms with Crippen molar-refractivity contribution in [2.45, 2.75) is 59.3 Å². The van der Waals surface area contributed by atoms with Crippen molar-refractivity contribution in [3.63, 3.8) is 0 Å². The third-order valence-electron chi connectivity index (χ3n) is 8.31. The maximum atomic E-state index is 14.2. The highest BCUT2D eigenvalue weighted by molar-refractivity contribution is 5.94. The van der Waals surface area contributed by atoms with Crippen molar-refractivity contribution in [2.75, 3.05) is 5.32 Å². The first-order valence-corrected chi connectivity index (χ1v) is 15.2. The molecular formula is C37H41FN6. The van der Waals surface area contributed by atoms with Crippen molar-refractivity contribution in [1.82, 2.24) is 25.5 Å². The Kier molecular flexibility index (Phi) is 9.53. The summed E-state index contributed by atoms with van der Waals surface area (Å²) in [6, 6.07) is 7.01. The number of nitrogens with one attached hydrogen (secondary N) is 3. The fourth-order valence-electron chi connectivity index (χ4n) is 5.97. The third-order valence-corrected chi connectivity index (χ3v) is 8.31. The van der Waals surface area contributed by atoms with Gasteiger partial charge in [0.05, 0.1) is 35.0 Å². The number of anilines is 1. The first-order valence-electron chi connectivity index (χ1n) is 15.2. The van der Waals surface area contributed by atoms with Crippen LogP contribution in [0.5, 0.6) is 0 Å². The Morgan fingerprint density at radius 1 is 1.07 bits per heavy atom. The summed E-state index contributed by atoms with van der Waals surface area (Å²) >= 11 is 0. The number of allylic oxidation sites excluding steroid dienone is 5. The Hall–Kier alpha value is -4.78. The van der Waals surface area contributed by atoms with Crippen LogP contribution in [0.2, 0.25) is 0 Å². The van der Waals surface area contributed by atoms with Gasteiger partial charge in [-0.15, -0.1) is 0 Å². The van der Waals surface area contributed by atoms with Gasteiger partial charge in [0.15, 0.2) is 0 Å². The van der Waals surface area contributed by atoms with E-state index in [1.165, 1.54) is 44.2 Å². The second-order valence-corrected chi connectivity index (χ2v) is 11.7. The number of pyridine rings is 2. The monoisotopic (exact) mass is 588 g/mol. The summed E-state index contributed by atoms with van der Waals surface area (Å²) in [5.74, 6) is 0.430. The summed E-state index contributed by atoms with van der Waals surface area (Å²) in [5.41, 5.74) is 9.92. The fraction of sp³-hybridized carbons (Fsp3) is 0.270. The molecule has 44 heavy (non-hydrogen) atoms. The van der Waals surface area contributed by atoms with Gasteiger partial charge in [-0.1, -0.05) is 64.0 Å². The van der Waals surface area contributed by atoms with Crippen LogP contribution < -0.4 is 10.6 Å². The van der Waals surface area contributed by atoms with E-state index in [0.717, 1.165) is 67.9 Å². The highest BCUT2D eigenvalue weighted by Crippen LogP contribution is 2.32. The quantitative estimate of drug-likeness (QED) is 0.152. The number of hydrogen-bond acceptors (Lipinski definition) is 5. The zero-order chi connectivity index (χ0) is 31.2. The summed E-state index contributed by atoms with van der Waals surface area (Å²) < 4.78 is 14.2. The number of hydrogen-bond donors (Lipinski definition) is 3. The average molecular weight is 589 g/mol. The van der Waals surface area contributed by atoms with Gasteiger partial charge >= 0.3 is 0 Å². The smallest absolute Gasteiger partial charge is 0.124 e. The van der Waals surface area contributed by atoms with Crippen LogP contribution in [-0.4, -0.2) is 20.2 Å². The molecule has 4 aromatic rings. The van der Waals surface area contributed by atoms with Crippen molar-refractivity contribution in [3.05, 3.63) is 121 Å².